The zero-order valence-corrected chi connectivity index (χ0v) is 14.6. The van der Waals surface area contributed by atoms with Crippen molar-refractivity contribution in [2.24, 2.45) is 0 Å². The van der Waals surface area contributed by atoms with E-state index in [0.717, 1.165) is 24.1 Å². The number of carbonyl (C=O) groups excluding carboxylic acids is 1. The van der Waals surface area contributed by atoms with Gasteiger partial charge in [-0.05, 0) is 25.0 Å². The van der Waals surface area contributed by atoms with E-state index >= 15 is 0 Å². The van der Waals surface area contributed by atoms with Crippen LogP contribution in [0.4, 0.5) is 0 Å². The predicted molar refractivity (Wildman–Crippen MR) is 94.9 cm³/mol. The number of piperidine rings is 1. The number of carboxylic acid groups (broad SMARTS) is 1. The van der Waals surface area contributed by atoms with E-state index in [1.165, 1.54) is 7.11 Å². The molecule has 0 radical (unpaired) electrons. The molecule has 0 saturated carbocycles. The summed E-state index contributed by atoms with van der Waals surface area (Å²) in [7, 11) is 1.52. The van der Waals surface area contributed by atoms with Crippen LogP contribution in [0.1, 0.15) is 34.8 Å². The minimum absolute atomic E-state index is 0.0104. The van der Waals surface area contributed by atoms with Gasteiger partial charge in [-0.25, -0.2) is 9.78 Å². The summed E-state index contributed by atoms with van der Waals surface area (Å²) in [5.74, 6) is -0.725. The van der Waals surface area contributed by atoms with E-state index in [9.17, 15) is 9.59 Å². The summed E-state index contributed by atoms with van der Waals surface area (Å²) in [4.78, 5) is 33.8. The van der Waals surface area contributed by atoms with Crippen LogP contribution in [0.15, 0.2) is 36.7 Å². The number of benzene rings is 1. The van der Waals surface area contributed by atoms with Crippen molar-refractivity contribution < 1.29 is 19.4 Å². The molecule has 1 saturated heterocycles. The number of methoxy groups -OCH3 is 1. The van der Waals surface area contributed by atoms with Gasteiger partial charge in [0.25, 0.3) is 0 Å². The Bertz CT molecular complexity index is 801. The smallest absolute Gasteiger partial charge is 0.335 e. The number of nitrogens with zero attached hydrogens (tertiary/aromatic N) is 3. The molecule has 0 aliphatic carbocycles. The molecule has 7 nitrogen and oxygen atoms in total. The van der Waals surface area contributed by atoms with Crippen LogP contribution in [0.5, 0.6) is 0 Å². The van der Waals surface area contributed by atoms with Gasteiger partial charge < -0.3 is 14.7 Å². The second-order valence-corrected chi connectivity index (χ2v) is 6.30. The Hall–Kier alpha value is -2.80. The van der Waals surface area contributed by atoms with Crippen molar-refractivity contribution in [1.82, 2.24) is 14.9 Å². The van der Waals surface area contributed by atoms with Crippen molar-refractivity contribution in [1.29, 1.82) is 0 Å². The van der Waals surface area contributed by atoms with E-state index in [-0.39, 0.29) is 24.0 Å². The van der Waals surface area contributed by atoms with Gasteiger partial charge in [0.05, 0.1) is 23.1 Å². The van der Waals surface area contributed by atoms with E-state index in [4.69, 9.17) is 9.84 Å². The van der Waals surface area contributed by atoms with Crippen LogP contribution in [0.25, 0.3) is 11.3 Å². The molecule has 1 aromatic heterocycles. The van der Waals surface area contributed by atoms with Gasteiger partial charge in [-0.2, -0.15) is 0 Å². The SMILES string of the molecule is COCC(=O)N1CCC(c2cncc(-c3cccc(C(=O)O)c3)n2)CC1. The highest BCUT2D eigenvalue weighted by Crippen LogP contribution is 2.28. The van der Waals surface area contributed by atoms with E-state index in [0.29, 0.717) is 18.8 Å². The van der Waals surface area contributed by atoms with Gasteiger partial charge in [0.15, 0.2) is 0 Å². The molecule has 1 aliphatic heterocycles. The highest BCUT2D eigenvalue weighted by Gasteiger charge is 2.25. The molecule has 1 aromatic carbocycles. The van der Waals surface area contributed by atoms with Gasteiger partial charge in [-0.15, -0.1) is 0 Å². The molecule has 3 rings (SSSR count). The van der Waals surface area contributed by atoms with Gasteiger partial charge in [0, 0.05) is 37.9 Å². The third-order valence-corrected chi connectivity index (χ3v) is 4.59. The first-order valence-electron chi connectivity index (χ1n) is 8.51. The van der Waals surface area contributed by atoms with Crippen LogP contribution in [-0.4, -0.2) is 58.7 Å². The Labute approximate surface area is 151 Å². The molecule has 0 unspecified atom stereocenters. The fraction of sp³-hybridized carbons (Fsp3) is 0.368. The largest absolute Gasteiger partial charge is 0.478 e. The van der Waals surface area contributed by atoms with Crippen molar-refractivity contribution in [3.05, 3.63) is 47.9 Å². The van der Waals surface area contributed by atoms with Crippen molar-refractivity contribution in [3.63, 3.8) is 0 Å². The standard InChI is InChI=1S/C19H21N3O4/c1-26-12-18(23)22-7-5-13(6-8-22)16-10-20-11-17(21-16)14-3-2-4-15(9-14)19(24)25/h2-4,9-11,13H,5-8,12H2,1H3,(H,24,25). The highest BCUT2D eigenvalue weighted by molar-refractivity contribution is 5.89. The average molecular weight is 355 g/mol. The van der Waals surface area contributed by atoms with Crippen LogP contribution in [-0.2, 0) is 9.53 Å². The van der Waals surface area contributed by atoms with Gasteiger partial charge in [-0.1, -0.05) is 12.1 Å². The van der Waals surface area contributed by atoms with Gasteiger partial charge in [-0.3, -0.25) is 9.78 Å². The molecule has 1 fully saturated rings. The average Bonchev–Trinajstić information content (AvgIpc) is 2.68. The predicted octanol–water partition coefficient (Wildman–Crippen LogP) is 2.19. The maximum Gasteiger partial charge on any atom is 0.335 e. The van der Waals surface area contributed by atoms with Crippen molar-refractivity contribution >= 4 is 11.9 Å². The lowest BCUT2D eigenvalue weighted by Crippen LogP contribution is -2.39. The summed E-state index contributed by atoms with van der Waals surface area (Å²) in [6, 6.07) is 6.68. The first-order valence-corrected chi connectivity index (χ1v) is 8.51. The van der Waals surface area contributed by atoms with Crippen molar-refractivity contribution in [2.45, 2.75) is 18.8 Å². The summed E-state index contributed by atoms with van der Waals surface area (Å²) in [5, 5.41) is 9.15. The molecule has 1 amide bonds. The lowest BCUT2D eigenvalue weighted by Gasteiger charge is -2.31. The second-order valence-electron chi connectivity index (χ2n) is 6.30. The molecule has 0 bridgehead atoms. The fourth-order valence-electron chi connectivity index (χ4n) is 3.17. The molecule has 7 heteroatoms. The van der Waals surface area contributed by atoms with Gasteiger partial charge in [0.2, 0.25) is 5.91 Å². The highest BCUT2D eigenvalue weighted by atomic mass is 16.5. The summed E-state index contributed by atoms with van der Waals surface area (Å²) in [5.41, 5.74) is 2.48. The minimum atomic E-state index is -0.968. The molecule has 2 aromatic rings. The van der Waals surface area contributed by atoms with E-state index < -0.39 is 5.97 Å². The molecule has 26 heavy (non-hydrogen) atoms. The molecule has 2 heterocycles. The normalized spacial score (nSPS) is 15.0. The Kier molecular flexibility index (Phi) is 5.58. The first kappa shape index (κ1) is 18.0. The molecule has 136 valence electrons. The Balaban J connectivity index is 1.73. The maximum atomic E-state index is 11.9. The summed E-state index contributed by atoms with van der Waals surface area (Å²) >= 11 is 0. The number of amides is 1. The first-order chi connectivity index (χ1) is 12.6. The third kappa shape index (κ3) is 4.05. The van der Waals surface area contributed by atoms with E-state index in [1.807, 2.05) is 11.0 Å². The molecule has 0 atom stereocenters. The molecule has 0 spiro atoms. The number of rotatable bonds is 5. The zero-order chi connectivity index (χ0) is 18.5. The number of ether oxygens (including phenoxy) is 1. The Morgan fingerprint density at radius 2 is 2.04 bits per heavy atom. The monoisotopic (exact) mass is 355 g/mol. The van der Waals surface area contributed by atoms with Gasteiger partial charge >= 0.3 is 5.97 Å². The maximum absolute atomic E-state index is 11.9. The lowest BCUT2D eigenvalue weighted by atomic mass is 9.93. The number of likely N-dealkylation sites (tertiary alicyclic amines) is 1. The van der Waals surface area contributed by atoms with Crippen LogP contribution >= 0.6 is 0 Å². The van der Waals surface area contributed by atoms with Crippen molar-refractivity contribution in [3.8, 4) is 11.3 Å². The minimum Gasteiger partial charge on any atom is -0.478 e. The lowest BCUT2D eigenvalue weighted by molar-refractivity contribution is -0.136. The molecular formula is C19H21N3O4. The number of aromatic nitrogens is 2. The van der Waals surface area contributed by atoms with Gasteiger partial charge in [0.1, 0.15) is 6.61 Å². The van der Waals surface area contributed by atoms with Crippen LogP contribution < -0.4 is 0 Å². The second kappa shape index (κ2) is 8.05. The number of hydrogen-bond donors (Lipinski definition) is 1. The van der Waals surface area contributed by atoms with Crippen LogP contribution in [0, 0.1) is 0 Å². The number of hydrogen-bond acceptors (Lipinski definition) is 5. The zero-order valence-electron chi connectivity index (χ0n) is 14.6. The van der Waals surface area contributed by atoms with Crippen LogP contribution in [0.3, 0.4) is 0 Å². The summed E-state index contributed by atoms with van der Waals surface area (Å²) in [6.45, 7) is 1.46. The number of carboxylic acids is 1. The van der Waals surface area contributed by atoms with Crippen molar-refractivity contribution in [2.75, 3.05) is 26.8 Å². The van der Waals surface area contributed by atoms with E-state index in [2.05, 4.69) is 9.97 Å². The summed E-state index contributed by atoms with van der Waals surface area (Å²) in [6.07, 6.45) is 5.04. The number of carbonyl (C=O) groups is 2. The molecular weight excluding hydrogens is 334 g/mol. The Morgan fingerprint density at radius 1 is 1.27 bits per heavy atom. The fourth-order valence-corrected chi connectivity index (χ4v) is 3.17. The topological polar surface area (TPSA) is 92.6 Å². The quantitative estimate of drug-likeness (QED) is 0.884. The Morgan fingerprint density at radius 3 is 2.73 bits per heavy atom. The molecule has 1 aliphatic rings. The van der Waals surface area contributed by atoms with E-state index in [1.54, 1.807) is 30.6 Å². The third-order valence-electron chi connectivity index (χ3n) is 4.59. The molecule has 1 N–H and O–H groups in total. The number of aromatic carboxylic acids is 1. The van der Waals surface area contributed by atoms with Crippen LogP contribution in [0.2, 0.25) is 0 Å². The summed E-state index contributed by atoms with van der Waals surface area (Å²) < 4.78 is 4.90.